The van der Waals surface area contributed by atoms with Gasteiger partial charge in [0, 0.05) is 20.1 Å². The number of methoxy groups -OCH3 is 1. The number of hydrogen-bond donors (Lipinski definition) is 1. The maximum Gasteiger partial charge on any atom is 0.333 e. The van der Waals surface area contributed by atoms with Crippen LogP contribution in [0.1, 0.15) is 46.3 Å². The van der Waals surface area contributed by atoms with Gasteiger partial charge in [-0.3, -0.25) is 4.90 Å². The highest BCUT2D eigenvalue weighted by molar-refractivity contribution is 5.72. The minimum atomic E-state index is -0.955. The van der Waals surface area contributed by atoms with Gasteiger partial charge in [0.2, 0.25) is 0 Å². The zero-order valence-corrected chi connectivity index (χ0v) is 20.9. The zero-order chi connectivity index (χ0) is 24.8. The molecule has 0 bridgehead atoms. The Balaban J connectivity index is 1.44. The normalized spacial score (nSPS) is 15.7. The summed E-state index contributed by atoms with van der Waals surface area (Å²) in [4.78, 5) is 13.6. The number of ether oxygens (including phenoxy) is 2. The molecule has 1 aliphatic carbocycles. The maximum absolute atomic E-state index is 11.2. The van der Waals surface area contributed by atoms with E-state index in [4.69, 9.17) is 9.47 Å². The zero-order valence-electron chi connectivity index (χ0n) is 20.9. The van der Waals surface area contributed by atoms with Crippen molar-refractivity contribution in [1.29, 1.82) is 0 Å². The molecule has 184 valence electrons. The number of carboxylic acid groups (broad SMARTS) is 1. The molecule has 2 atom stereocenters. The van der Waals surface area contributed by atoms with Gasteiger partial charge in [0.05, 0.1) is 6.04 Å². The number of fused-ring (bicyclic) bond motifs is 2. The first-order valence-electron chi connectivity index (χ1n) is 12.4. The summed E-state index contributed by atoms with van der Waals surface area (Å²) >= 11 is 0. The fourth-order valence-corrected chi connectivity index (χ4v) is 4.95. The van der Waals surface area contributed by atoms with E-state index in [1.165, 1.54) is 34.9 Å². The number of carbonyl (C=O) groups is 1. The van der Waals surface area contributed by atoms with Crippen LogP contribution in [-0.2, 0) is 35.2 Å². The summed E-state index contributed by atoms with van der Waals surface area (Å²) in [7, 11) is 3.59. The van der Waals surface area contributed by atoms with Crippen LogP contribution < -0.4 is 4.74 Å². The van der Waals surface area contributed by atoms with E-state index in [1.807, 2.05) is 24.3 Å². The number of rotatable bonds is 10. The fraction of sp³-hybridized carbons (Fsp3) is 0.367. The molecule has 3 aromatic rings. The van der Waals surface area contributed by atoms with E-state index in [0.717, 1.165) is 37.1 Å². The Morgan fingerprint density at radius 2 is 1.69 bits per heavy atom. The predicted octanol–water partition coefficient (Wildman–Crippen LogP) is 5.09. The predicted molar refractivity (Wildman–Crippen MR) is 138 cm³/mol. The summed E-state index contributed by atoms with van der Waals surface area (Å²) in [5.74, 6) is -0.177. The first-order valence-corrected chi connectivity index (χ1v) is 12.4. The average molecular weight is 474 g/mol. The lowest BCUT2D eigenvalue weighted by molar-refractivity contribution is -0.148. The molecule has 0 fully saturated rings. The van der Waals surface area contributed by atoms with Crippen LogP contribution in [0.2, 0.25) is 0 Å². The van der Waals surface area contributed by atoms with Crippen LogP contribution in [0.25, 0.3) is 0 Å². The quantitative estimate of drug-likeness (QED) is 0.445. The minimum Gasteiger partial charge on any atom is -0.492 e. The Hall–Kier alpha value is -3.15. The third-order valence-corrected chi connectivity index (χ3v) is 6.98. The highest BCUT2D eigenvalue weighted by Crippen LogP contribution is 2.36. The first-order chi connectivity index (χ1) is 17.0. The summed E-state index contributed by atoms with van der Waals surface area (Å²) in [5.41, 5.74) is 7.94. The van der Waals surface area contributed by atoms with E-state index in [-0.39, 0.29) is 6.04 Å². The molecule has 0 heterocycles. The van der Waals surface area contributed by atoms with Crippen molar-refractivity contribution in [2.75, 3.05) is 27.3 Å². The van der Waals surface area contributed by atoms with Gasteiger partial charge in [-0.1, -0.05) is 61.5 Å². The first kappa shape index (κ1) is 25.0. The second-order valence-corrected chi connectivity index (χ2v) is 9.23. The van der Waals surface area contributed by atoms with Crippen LogP contribution in [0, 0.1) is 0 Å². The number of carboxylic acids is 1. The van der Waals surface area contributed by atoms with Gasteiger partial charge < -0.3 is 14.6 Å². The van der Waals surface area contributed by atoms with Crippen molar-refractivity contribution in [2.45, 2.75) is 44.8 Å². The molecule has 0 spiro atoms. The Morgan fingerprint density at radius 1 is 1.00 bits per heavy atom. The SMILES string of the molecule is CCc1ccc2c(c1)CCc1ccccc1C2N(C)CCOc1ccc(CC(OC)C(=O)O)cc1. The van der Waals surface area contributed by atoms with Crippen LogP contribution in [0.15, 0.2) is 66.7 Å². The topological polar surface area (TPSA) is 59.0 Å². The molecule has 1 N–H and O–H groups in total. The van der Waals surface area contributed by atoms with E-state index in [1.54, 1.807) is 0 Å². The lowest BCUT2D eigenvalue weighted by Crippen LogP contribution is -2.30. The molecule has 4 rings (SSSR count). The van der Waals surface area contributed by atoms with Gasteiger partial charge in [0.25, 0.3) is 0 Å². The number of aliphatic carboxylic acids is 1. The number of nitrogens with zero attached hydrogens (tertiary/aromatic N) is 1. The minimum absolute atomic E-state index is 0.197. The molecule has 0 saturated heterocycles. The summed E-state index contributed by atoms with van der Waals surface area (Å²) in [6.45, 7) is 3.55. The largest absolute Gasteiger partial charge is 0.492 e. The summed E-state index contributed by atoms with van der Waals surface area (Å²) in [5, 5.41) is 9.18. The van der Waals surface area contributed by atoms with Gasteiger partial charge >= 0.3 is 5.97 Å². The molecule has 2 unspecified atom stereocenters. The van der Waals surface area contributed by atoms with E-state index < -0.39 is 12.1 Å². The second-order valence-electron chi connectivity index (χ2n) is 9.23. The van der Waals surface area contributed by atoms with E-state index in [9.17, 15) is 9.90 Å². The molecule has 1 aliphatic rings. The summed E-state index contributed by atoms with van der Waals surface area (Å²) < 4.78 is 11.1. The van der Waals surface area contributed by atoms with Gasteiger partial charge in [-0.25, -0.2) is 4.79 Å². The maximum atomic E-state index is 11.2. The molecule has 5 heteroatoms. The van der Waals surface area contributed by atoms with E-state index in [0.29, 0.717) is 13.0 Å². The molecule has 0 saturated carbocycles. The highest BCUT2D eigenvalue weighted by Gasteiger charge is 2.27. The molecule has 0 aromatic heterocycles. The molecule has 3 aromatic carbocycles. The van der Waals surface area contributed by atoms with Crippen molar-refractivity contribution in [2.24, 2.45) is 0 Å². The molecule has 0 amide bonds. The van der Waals surface area contributed by atoms with Gasteiger partial charge in [0.1, 0.15) is 12.4 Å². The number of benzene rings is 3. The second kappa shape index (κ2) is 11.5. The van der Waals surface area contributed by atoms with Crippen molar-refractivity contribution in [3.8, 4) is 5.75 Å². The average Bonchev–Trinajstić information content (AvgIpc) is 3.04. The fourth-order valence-electron chi connectivity index (χ4n) is 4.95. The van der Waals surface area contributed by atoms with Gasteiger partial charge in [-0.05, 0) is 71.8 Å². The Kier molecular flexibility index (Phi) is 8.21. The number of hydrogen-bond acceptors (Lipinski definition) is 4. The third kappa shape index (κ3) is 5.92. The van der Waals surface area contributed by atoms with Gasteiger partial charge in [0.15, 0.2) is 6.10 Å². The Bertz CT molecular complexity index is 1140. The van der Waals surface area contributed by atoms with Crippen molar-refractivity contribution in [3.63, 3.8) is 0 Å². The molecule has 0 aliphatic heterocycles. The standard InChI is InChI=1S/C30H35NO4/c1-4-21-11-16-27-24(19-21)13-12-23-7-5-6-8-26(23)29(27)31(2)17-18-35-25-14-9-22(10-15-25)20-28(34-3)30(32)33/h5-11,14-16,19,28-29H,4,12-13,17-18,20H2,1-3H3,(H,32,33). The highest BCUT2D eigenvalue weighted by atomic mass is 16.5. The van der Waals surface area contributed by atoms with E-state index >= 15 is 0 Å². The van der Waals surface area contributed by atoms with Crippen molar-refractivity contribution >= 4 is 5.97 Å². The lowest BCUT2D eigenvalue weighted by Gasteiger charge is -2.30. The molecule has 35 heavy (non-hydrogen) atoms. The summed E-state index contributed by atoms with van der Waals surface area (Å²) in [6, 6.07) is 23.6. The van der Waals surface area contributed by atoms with Crippen LogP contribution in [0.4, 0.5) is 0 Å². The molecular weight excluding hydrogens is 438 g/mol. The number of aryl methyl sites for hydroxylation is 3. The molecule has 5 nitrogen and oxygen atoms in total. The van der Waals surface area contributed by atoms with Crippen LogP contribution in [0.5, 0.6) is 5.75 Å². The van der Waals surface area contributed by atoms with E-state index in [2.05, 4.69) is 61.3 Å². The Labute approximate surface area is 208 Å². The smallest absolute Gasteiger partial charge is 0.333 e. The monoisotopic (exact) mass is 473 g/mol. The van der Waals surface area contributed by atoms with Crippen molar-refractivity contribution in [1.82, 2.24) is 4.90 Å². The lowest BCUT2D eigenvalue weighted by atomic mass is 9.92. The van der Waals surface area contributed by atoms with Gasteiger partial charge in [-0.15, -0.1) is 0 Å². The number of likely N-dealkylation sites (N-methyl/N-ethyl adjacent to an activating group) is 1. The van der Waals surface area contributed by atoms with Crippen molar-refractivity contribution in [3.05, 3.63) is 100 Å². The third-order valence-electron chi connectivity index (χ3n) is 6.98. The molecule has 0 radical (unpaired) electrons. The van der Waals surface area contributed by atoms with Crippen LogP contribution in [-0.4, -0.2) is 49.4 Å². The molecular formula is C30H35NO4. The summed E-state index contributed by atoms with van der Waals surface area (Å²) in [6.07, 6.45) is 2.67. The van der Waals surface area contributed by atoms with Crippen LogP contribution in [0.3, 0.4) is 0 Å². The van der Waals surface area contributed by atoms with Crippen molar-refractivity contribution < 1.29 is 19.4 Å². The van der Waals surface area contributed by atoms with Crippen LogP contribution >= 0.6 is 0 Å². The Morgan fingerprint density at radius 3 is 2.40 bits per heavy atom. The van der Waals surface area contributed by atoms with Gasteiger partial charge in [-0.2, -0.15) is 0 Å².